The molecule has 2 aromatic heterocycles. The Morgan fingerprint density at radius 2 is 1.93 bits per heavy atom. The molecule has 0 radical (unpaired) electrons. The van der Waals surface area contributed by atoms with E-state index in [0.29, 0.717) is 50.3 Å². The SMILES string of the molecule is CCOc1cccc(C2C(C(=O)c3cc4cccc(OC)c4o3)=C(O)C(=O)N2c2nnc(SCc3ccccc3F)s2)c1. The minimum absolute atomic E-state index is 0.0694. The molecule has 0 saturated heterocycles. The zero-order chi connectivity index (χ0) is 30.1. The number of furan rings is 1. The van der Waals surface area contributed by atoms with Crippen LogP contribution in [0.25, 0.3) is 11.0 Å². The van der Waals surface area contributed by atoms with Gasteiger partial charge in [-0.3, -0.25) is 14.5 Å². The Morgan fingerprint density at radius 3 is 2.72 bits per heavy atom. The highest BCUT2D eigenvalue weighted by molar-refractivity contribution is 8.00. The van der Waals surface area contributed by atoms with E-state index in [1.807, 2.05) is 6.92 Å². The first-order valence-corrected chi connectivity index (χ1v) is 15.0. The first-order valence-electron chi connectivity index (χ1n) is 13.2. The van der Waals surface area contributed by atoms with Gasteiger partial charge in [-0.2, -0.15) is 0 Å². The van der Waals surface area contributed by atoms with Crippen molar-refractivity contribution in [1.82, 2.24) is 10.2 Å². The molecule has 3 aromatic carbocycles. The number of carbonyl (C=O) groups is 2. The average Bonchev–Trinajstić information content (AvgIpc) is 3.73. The highest BCUT2D eigenvalue weighted by atomic mass is 32.2. The van der Waals surface area contributed by atoms with Crippen molar-refractivity contribution < 1.29 is 33.0 Å². The lowest BCUT2D eigenvalue weighted by atomic mass is 9.95. The maximum Gasteiger partial charge on any atom is 0.296 e. The number of thioether (sulfide) groups is 1. The van der Waals surface area contributed by atoms with E-state index < -0.39 is 23.5 Å². The van der Waals surface area contributed by atoms with Gasteiger partial charge >= 0.3 is 0 Å². The number of para-hydroxylation sites is 1. The van der Waals surface area contributed by atoms with Gasteiger partial charge in [-0.25, -0.2) is 4.39 Å². The van der Waals surface area contributed by atoms with Crippen molar-refractivity contribution in [3.63, 3.8) is 0 Å². The van der Waals surface area contributed by atoms with Crippen LogP contribution in [0.4, 0.5) is 9.52 Å². The van der Waals surface area contributed by atoms with Crippen molar-refractivity contribution in [1.29, 1.82) is 0 Å². The fraction of sp³-hybridized carbons (Fsp3) is 0.161. The summed E-state index contributed by atoms with van der Waals surface area (Å²) in [5.74, 6) is -1.34. The number of hydrogen-bond donors (Lipinski definition) is 1. The molecule has 3 heterocycles. The third-order valence-corrected chi connectivity index (χ3v) is 8.90. The molecule has 1 aliphatic heterocycles. The number of fused-ring (bicyclic) bond motifs is 1. The van der Waals surface area contributed by atoms with Crippen molar-refractivity contribution >= 4 is 50.9 Å². The first-order chi connectivity index (χ1) is 20.9. The number of aliphatic hydroxyl groups excluding tert-OH is 1. The monoisotopic (exact) mass is 617 g/mol. The zero-order valence-corrected chi connectivity index (χ0v) is 24.6. The fourth-order valence-corrected chi connectivity index (χ4v) is 6.70. The summed E-state index contributed by atoms with van der Waals surface area (Å²) in [6.45, 7) is 2.25. The van der Waals surface area contributed by atoms with E-state index in [2.05, 4.69) is 10.2 Å². The summed E-state index contributed by atoms with van der Waals surface area (Å²) in [6, 6.07) is 19.1. The van der Waals surface area contributed by atoms with Crippen LogP contribution in [0, 0.1) is 5.82 Å². The van der Waals surface area contributed by atoms with Gasteiger partial charge in [0.2, 0.25) is 10.9 Å². The van der Waals surface area contributed by atoms with Crippen LogP contribution in [0.5, 0.6) is 11.5 Å². The number of ketones is 1. The second-order valence-electron chi connectivity index (χ2n) is 9.39. The summed E-state index contributed by atoms with van der Waals surface area (Å²) in [6.07, 6.45) is 0. The number of Topliss-reactive ketones (excluding diaryl/α,β-unsaturated/α-hetero) is 1. The van der Waals surface area contributed by atoms with E-state index in [-0.39, 0.29) is 22.3 Å². The molecule has 12 heteroatoms. The Balaban J connectivity index is 1.39. The summed E-state index contributed by atoms with van der Waals surface area (Å²) in [4.78, 5) is 28.9. The van der Waals surface area contributed by atoms with E-state index >= 15 is 0 Å². The number of anilines is 1. The van der Waals surface area contributed by atoms with Crippen molar-refractivity contribution in [2.75, 3.05) is 18.6 Å². The minimum atomic E-state index is -1.06. The molecule has 0 saturated carbocycles. The molecule has 1 atom stereocenters. The number of rotatable bonds is 10. The van der Waals surface area contributed by atoms with E-state index in [0.717, 1.165) is 11.3 Å². The van der Waals surface area contributed by atoms with Crippen LogP contribution in [-0.2, 0) is 10.5 Å². The number of aromatic nitrogens is 2. The van der Waals surface area contributed by atoms with Gasteiger partial charge in [-0.15, -0.1) is 10.2 Å². The maximum absolute atomic E-state index is 14.1. The molecule has 0 bridgehead atoms. The summed E-state index contributed by atoms with van der Waals surface area (Å²) in [5, 5.41) is 20.4. The summed E-state index contributed by atoms with van der Waals surface area (Å²) < 4.78 is 31.6. The molecule has 1 N–H and O–H groups in total. The Bertz CT molecular complexity index is 1880. The van der Waals surface area contributed by atoms with Gasteiger partial charge in [-0.1, -0.05) is 65.6 Å². The van der Waals surface area contributed by atoms with Crippen molar-refractivity contribution in [2.24, 2.45) is 0 Å². The van der Waals surface area contributed by atoms with Crippen LogP contribution in [-0.4, -0.2) is 40.7 Å². The molecular weight excluding hydrogens is 593 g/mol. The fourth-order valence-electron chi connectivity index (χ4n) is 4.85. The maximum atomic E-state index is 14.1. The summed E-state index contributed by atoms with van der Waals surface area (Å²) in [7, 11) is 1.49. The normalized spacial score (nSPS) is 15.0. The number of ether oxygens (including phenoxy) is 2. The molecule has 1 unspecified atom stereocenters. The van der Waals surface area contributed by atoms with E-state index in [9.17, 15) is 19.1 Å². The van der Waals surface area contributed by atoms with E-state index in [1.54, 1.807) is 66.7 Å². The lowest BCUT2D eigenvalue weighted by Gasteiger charge is -2.24. The predicted octanol–water partition coefficient (Wildman–Crippen LogP) is 6.91. The average molecular weight is 618 g/mol. The van der Waals surface area contributed by atoms with Crippen LogP contribution in [0.2, 0.25) is 0 Å². The third kappa shape index (κ3) is 5.35. The minimum Gasteiger partial charge on any atom is -0.503 e. The molecular formula is C31H24FN3O6S2. The molecule has 1 aliphatic rings. The molecule has 6 rings (SSSR count). The number of aliphatic hydroxyl groups is 1. The molecule has 0 aliphatic carbocycles. The van der Waals surface area contributed by atoms with Crippen LogP contribution in [0.1, 0.15) is 34.6 Å². The number of hydrogen-bond acceptors (Lipinski definition) is 10. The van der Waals surface area contributed by atoms with Gasteiger partial charge in [0.05, 0.1) is 25.3 Å². The molecule has 0 fully saturated rings. The lowest BCUT2D eigenvalue weighted by Crippen LogP contribution is -2.31. The van der Waals surface area contributed by atoms with E-state index in [4.69, 9.17) is 13.9 Å². The van der Waals surface area contributed by atoms with Gasteiger partial charge in [0, 0.05) is 11.1 Å². The highest BCUT2D eigenvalue weighted by Crippen LogP contribution is 2.45. The van der Waals surface area contributed by atoms with Crippen LogP contribution < -0.4 is 14.4 Å². The number of methoxy groups -OCH3 is 1. The molecule has 9 nitrogen and oxygen atoms in total. The Morgan fingerprint density at radius 1 is 1.12 bits per heavy atom. The van der Waals surface area contributed by atoms with Gasteiger partial charge in [0.1, 0.15) is 11.6 Å². The number of halogens is 1. The van der Waals surface area contributed by atoms with Crippen molar-refractivity contribution in [3.8, 4) is 11.5 Å². The molecule has 43 heavy (non-hydrogen) atoms. The largest absolute Gasteiger partial charge is 0.503 e. The number of carbonyl (C=O) groups excluding carboxylic acids is 2. The van der Waals surface area contributed by atoms with Crippen LogP contribution in [0.15, 0.2) is 92.9 Å². The van der Waals surface area contributed by atoms with Crippen LogP contribution >= 0.6 is 23.1 Å². The van der Waals surface area contributed by atoms with Crippen molar-refractivity contribution in [2.45, 2.75) is 23.1 Å². The predicted molar refractivity (Wildman–Crippen MR) is 160 cm³/mol. The topological polar surface area (TPSA) is 115 Å². The van der Waals surface area contributed by atoms with Gasteiger partial charge in [0.15, 0.2) is 27.2 Å². The smallest absolute Gasteiger partial charge is 0.296 e. The highest BCUT2D eigenvalue weighted by Gasteiger charge is 2.47. The molecule has 218 valence electrons. The van der Waals surface area contributed by atoms with Gasteiger partial charge in [-0.05, 0) is 48.4 Å². The number of benzene rings is 3. The molecule has 0 spiro atoms. The first kappa shape index (κ1) is 28.4. The van der Waals surface area contributed by atoms with Crippen molar-refractivity contribution in [3.05, 3.63) is 107 Å². The number of nitrogens with zero attached hydrogens (tertiary/aromatic N) is 3. The van der Waals surface area contributed by atoms with Gasteiger partial charge < -0.3 is 19.0 Å². The zero-order valence-electron chi connectivity index (χ0n) is 22.9. The standard InChI is InChI=1S/C31H24FN3O6S2/c1-3-40-20-11-6-9-17(14-20)25-24(26(36)23-15-18-10-7-13-22(39-2)28(18)41-23)27(37)29(38)35(25)30-33-34-31(43-30)42-16-19-8-4-5-12-21(19)32/h4-15,25,37H,3,16H2,1-2H3. The summed E-state index contributed by atoms with van der Waals surface area (Å²) >= 11 is 2.36. The Labute approximate surface area is 253 Å². The van der Waals surface area contributed by atoms with Gasteiger partial charge in [0.25, 0.3) is 5.91 Å². The van der Waals surface area contributed by atoms with Crippen LogP contribution in [0.3, 0.4) is 0 Å². The second-order valence-corrected chi connectivity index (χ2v) is 11.6. The lowest BCUT2D eigenvalue weighted by molar-refractivity contribution is -0.117. The Hall–Kier alpha value is -4.68. The van der Waals surface area contributed by atoms with E-state index in [1.165, 1.54) is 29.8 Å². The quantitative estimate of drug-likeness (QED) is 0.101. The third-order valence-electron chi connectivity index (χ3n) is 6.80. The Kier molecular flexibility index (Phi) is 7.87. The molecule has 5 aromatic rings. The number of amides is 1. The second kappa shape index (κ2) is 11.9. The molecule has 1 amide bonds. The summed E-state index contributed by atoms with van der Waals surface area (Å²) in [5.41, 5.74) is 1.20.